The Kier molecular flexibility index (Phi) is 6.91. The van der Waals surface area contributed by atoms with Crippen molar-refractivity contribution in [3.63, 3.8) is 0 Å². The number of rotatable bonds is 8. The molecule has 0 heterocycles. The molecule has 2 rings (SSSR count). The van der Waals surface area contributed by atoms with Gasteiger partial charge in [-0.1, -0.05) is 12.8 Å². The van der Waals surface area contributed by atoms with E-state index in [1.807, 2.05) is 0 Å². The van der Waals surface area contributed by atoms with E-state index in [1.165, 1.54) is 21.3 Å². The number of benzene rings is 1. The van der Waals surface area contributed by atoms with Gasteiger partial charge in [-0.25, -0.2) is 0 Å². The Morgan fingerprint density at radius 1 is 1.00 bits per heavy atom. The summed E-state index contributed by atoms with van der Waals surface area (Å²) in [6.45, 7) is 0.286. The molecule has 1 aromatic carbocycles. The molecule has 0 saturated heterocycles. The fourth-order valence-electron chi connectivity index (χ4n) is 3.00. The van der Waals surface area contributed by atoms with Gasteiger partial charge in [0.15, 0.2) is 11.5 Å². The van der Waals surface area contributed by atoms with Crippen LogP contribution in [0.1, 0.15) is 31.2 Å². The number of ether oxygens (including phenoxy) is 3. The quantitative estimate of drug-likeness (QED) is 0.744. The van der Waals surface area contributed by atoms with E-state index in [0.717, 1.165) is 31.2 Å². The third kappa shape index (κ3) is 5.01. The number of carbonyl (C=O) groups is 2. The minimum Gasteiger partial charge on any atom is -0.493 e. The largest absolute Gasteiger partial charge is 0.493 e. The van der Waals surface area contributed by atoms with Crippen molar-refractivity contribution >= 4 is 11.8 Å². The Balaban J connectivity index is 1.87. The van der Waals surface area contributed by atoms with Crippen LogP contribution in [0.25, 0.3) is 0 Å². The summed E-state index contributed by atoms with van der Waals surface area (Å²) in [5.41, 5.74) is 0.810. The summed E-state index contributed by atoms with van der Waals surface area (Å²) in [6.07, 6.45) is 4.01. The van der Waals surface area contributed by atoms with Crippen LogP contribution in [0.2, 0.25) is 0 Å². The normalized spacial score (nSPS) is 14.0. The van der Waals surface area contributed by atoms with Gasteiger partial charge in [0.1, 0.15) is 0 Å². The molecule has 1 aromatic rings. The first-order valence-corrected chi connectivity index (χ1v) is 8.42. The molecule has 0 unspecified atom stereocenters. The molecule has 7 heteroatoms. The van der Waals surface area contributed by atoms with Gasteiger partial charge in [0.2, 0.25) is 17.6 Å². The predicted octanol–water partition coefficient (Wildman–Crippen LogP) is 1.63. The van der Waals surface area contributed by atoms with Crippen molar-refractivity contribution in [2.75, 3.05) is 27.9 Å². The van der Waals surface area contributed by atoms with Crippen LogP contribution in [0.5, 0.6) is 17.2 Å². The van der Waals surface area contributed by atoms with Crippen LogP contribution < -0.4 is 24.8 Å². The molecule has 138 valence electrons. The predicted molar refractivity (Wildman–Crippen MR) is 92.9 cm³/mol. The summed E-state index contributed by atoms with van der Waals surface area (Å²) >= 11 is 0. The van der Waals surface area contributed by atoms with Gasteiger partial charge in [0.05, 0.1) is 27.9 Å². The van der Waals surface area contributed by atoms with Gasteiger partial charge in [-0.05, 0) is 30.5 Å². The van der Waals surface area contributed by atoms with Crippen LogP contribution in [0.4, 0.5) is 0 Å². The van der Waals surface area contributed by atoms with Gasteiger partial charge >= 0.3 is 0 Å². The van der Waals surface area contributed by atoms with Crippen LogP contribution in [0.15, 0.2) is 12.1 Å². The zero-order chi connectivity index (χ0) is 18.2. The minimum atomic E-state index is -0.236. The van der Waals surface area contributed by atoms with E-state index in [1.54, 1.807) is 12.1 Å². The maximum atomic E-state index is 12.0. The van der Waals surface area contributed by atoms with E-state index in [2.05, 4.69) is 10.6 Å². The maximum absolute atomic E-state index is 12.0. The molecule has 1 fully saturated rings. The van der Waals surface area contributed by atoms with E-state index in [-0.39, 0.29) is 24.3 Å². The third-order valence-electron chi connectivity index (χ3n) is 4.36. The summed E-state index contributed by atoms with van der Waals surface area (Å²) in [6, 6.07) is 3.55. The molecule has 0 aliphatic heterocycles. The lowest BCUT2D eigenvalue weighted by atomic mass is 10.1. The Morgan fingerprint density at radius 3 is 2.12 bits per heavy atom. The van der Waals surface area contributed by atoms with Crippen molar-refractivity contribution < 1.29 is 23.8 Å². The van der Waals surface area contributed by atoms with Gasteiger partial charge in [-0.2, -0.15) is 0 Å². The Morgan fingerprint density at radius 2 is 1.60 bits per heavy atom. The average Bonchev–Trinajstić information content (AvgIpc) is 3.18. The van der Waals surface area contributed by atoms with Gasteiger partial charge in [0.25, 0.3) is 0 Å². The van der Waals surface area contributed by atoms with Gasteiger partial charge < -0.3 is 24.8 Å². The van der Waals surface area contributed by atoms with E-state index < -0.39 is 0 Å². The van der Waals surface area contributed by atoms with Crippen molar-refractivity contribution in [2.24, 2.45) is 5.92 Å². The van der Waals surface area contributed by atoms with Crippen LogP contribution >= 0.6 is 0 Å². The zero-order valence-electron chi connectivity index (χ0n) is 15.0. The second kappa shape index (κ2) is 9.15. The molecular formula is C18H26N2O5. The summed E-state index contributed by atoms with van der Waals surface area (Å²) in [5, 5.41) is 5.48. The highest BCUT2D eigenvalue weighted by atomic mass is 16.5. The Hall–Kier alpha value is -2.44. The second-order valence-corrected chi connectivity index (χ2v) is 6.01. The lowest BCUT2D eigenvalue weighted by Crippen LogP contribution is -2.38. The molecule has 25 heavy (non-hydrogen) atoms. The first-order chi connectivity index (χ1) is 12.1. The summed E-state index contributed by atoms with van der Waals surface area (Å²) in [4.78, 5) is 23.9. The number of amides is 2. The fraction of sp³-hybridized carbons (Fsp3) is 0.556. The Bertz CT molecular complexity index is 586. The summed E-state index contributed by atoms with van der Waals surface area (Å²) in [7, 11) is 4.62. The first-order valence-electron chi connectivity index (χ1n) is 8.42. The van der Waals surface area contributed by atoms with Crippen molar-refractivity contribution in [3.8, 4) is 17.2 Å². The van der Waals surface area contributed by atoms with Crippen molar-refractivity contribution in [2.45, 2.75) is 32.2 Å². The smallest absolute Gasteiger partial charge is 0.239 e. The molecular weight excluding hydrogens is 324 g/mol. The van der Waals surface area contributed by atoms with E-state index in [0.29, 0.717) is 23.8 Å². The molecule has 1 saturated carbocycles. The maximum Gasteiger partial charge on any atom is 0.239 e. The van der Waals surface area contributed by atoms with Crippen molar-refractivity contribution in [3.05, 3.63) is 17.7 Å². The van der Waals surface area contributed by atoms with Crippen molar-refractivity contribution in [1.29, 1.82) is 0 Å². The number of hydrogen-bond acceptors (Lipinski definition) is 5. The fourth-order valence-corrected chi connectivity index (χ4v) is 3.00. The molecule has 7 nitrogen and oxygen atoms in total. The molecule has 1 aliphatic carbocycles. The standard InChI is InChI=1S/C18H26N2O5/c1-23-14-8-12(9-15(24-2)17(14)25-3)10-19-16(21)11-20-18(22)13-6-4-5-7-13/h8-9,13H,4-7,10-11H2,1-3H3,(H,19,21)(H,20,22). The minimum absolute atomic E-state index is 0.0141. The third-order valence-corrected chi connectivity index (χ3v) is 4.36. The van der Waals surface area contributed by atoms with Crippen LogP contribution in [0, 0.1) is 5.92 Å². The number of carbonyl (C=O) groups excluding carboxylic acids is 2. The molecule has 0 bridgehead atoms. The lowest BCUT2D eigenvalue weighted by molar-refractivity contribution is -0.128. The number of methoxy groups -OCH3 is 3. The molecule has 2 N–H and O–H groups in total. The lowest BCUT2D eigenvalue weighted by Gasteiger charge is -2.15. The number of hydrogen-bond donors (Lipinski definition) is 2. The summed E-state index contributed by atoms with van der Waals surface area (Å²) in [5.74, 6) is 1.36. The molecule has 1 aliphatic rings. The molecule has 0 aromatic heterocycles. The monoisotopic (exact) mass is 350 g/mol. The highest BCUT2D eigenvalue weighted by Gasteiger charge is 2.22. The highest BCUT2D eigenvalue weighted by molar-refractivity contribution is 5.85. The number of nitrogens with one attached hydrogen (secondary N) is 2. The molecule has 2 amide bonds. The zero-order valence-corrected chi connectivity index (χ0v) is 15.0. The highest BCUT2D eigenvalue weighted by Crippen LogP contribution is 2.38. The molecule has 0 radical (unpaired) electrons. The molecule has 0 atom stereocenters. The van der Waals surface area contributed by atoms with E-state index >= 15 is 0 Å². The SMILES string of the molecule is COc1cc(CNC(=O)CNC(=O)C2CCCC2)cc(OC)c1OC. The van der Waals surface area contributed by atoms with Crippen LogP contribution in [0.3, 0.4) is 0 Å². The van der Waals surface area contributed by atoms with Gasteiger partial charge in [0, 0.05) is 12.5 Å². The topological polar surface area (TPSA) is 85.9 Å². The summed E-state index contributed by atoms with van der Waals surface area (Å²) < 4.78 is 15.8. The van der Waals surface area contributed by atoms with Crippen LogP contribution in [-0.2, 0) is 16.1 Å². The van der Waals surface area contributed by atoms with Crippen LogP contribution in [-0.4, -0.2) is 39.7 Å². The average molecular weight is 350 g/mol. The van der Waals surface area contributed by atoms with E-state index in [4.69, 9.17) is 14.2 Å². The second-order valence-electron chi connectivity index (χ2n) is 6.01. The Labute approximate surface area is 148 Å². The van der Waals surface area contributed by atoms with Gasteiger partial charge in [-0.3, -0.25) is 9.59 Å². The van der Waals surface area contributed by atoms with Gasteiger partial charge in [-0.15, -0.1) is 0 Å². The first kappa shape index (κ1) is 18.9. The van der Waals surface area contributed by atoms with Crippen molar-refractivity contribution in [1.82, 2.24) is 10.6 Å². The molecule has 0 spiro atoms. The van der Waals surface area contributed by atoms with E-state index in [9.17, 15) is 9.59 Å².